The second kappa shape index (κ2) is 6.87. The van der Waals surface area contributed by atoms with E-state index in [1.807, 2.05) is 11.0 Å². The highest BCUT2D eigenvalue weighted by atomic mass is 19.1. The number of nitrogen functional groups attached to an aromatic ring is 1. The van der Waals surface area contributed by atoms with Gasteiger partial charge in [0.1, 0.15) is 6.17 Å². The number of carbonyl (C=O) groups is 1. The maximum absolute atomic E-state index is 13.3. The Labute approximate surface area is 142 Å². The molecule has 1 aromatic carbocycles. The molecule has 1 aromatic rings. The van der Waals surface area contributed by atoms with Crippen molar-refractivity contribution < 1.29 is 9.18 Å². The van der Waals surface area contributed by atoms with Crippen LogP contribution in [0.25, 0.3) is 0 Å². The number of nitrogens with zero attached hydrogens (tertiary/aromatic N) is 1. The highest BCUT2D eigenvalue weighted by Crippen LogP contribution is 2.33. The minimum atomic E-state index is -0.823. The van der Waals surface area contributed by atoms with Gasteiger partial charge in [0.15, 0.2) is 0 Å². The van der Waals surface area contributed by atoms with E-state index in [1.165, 1.54) is 0 Å². The van der Waals surface area contributed by atoms with Crippen LogP contribution in [-0.2, 0) is 0 Å². The van der Waals surface area contributed by atoms with Crippen molar-refractivity contribution in [3.8, 4) is 0 Å². The second-order valence-electron chi connectivity index (χ2n) is 7.14. The van der Waals surface area contributed by atoms with E-state index in [2.05, 4.69) is 17.6 Å². The van der Waals surface area contributed by atoms with Crippen LogP contribution in [0.4, 0.5) is 21.5 Å². The highest BCUT2D eigenvalue weighted by molar-refractivity contribution is 6.02. The third-order valence-corrected chi connectivity index (χ3v) is 5.21. The molecule has 1 heterocycles. The van der Waals surface area contributed by atoms with Gasteiger partial charge in [0, 0.05) is 13.1 Å². The van der Waals surface area contributed by atoms with Crippen molar-refractivity contribution in [2.45, 2.75) is 44.8 Å². The Morgan fingerprint density at radius 1 is 1.25 bits per heavy atom. The lowest BCUT2D eigenvalue weighted by atomic mass is 9.87. The number of amides is 1. The minimum absolute atomic E-state index is 0.110. The molecule has 0 bridgehead atoms. The summed E-state index contributed by atoms with van der Waals surface area (Å²) in [5, 5.41) is 6.16. The smallest absolute Gasteiger partial charge is 0.253 e. The minimum Gasteiger partial charge on any atom is -0.397 e. The Morgan fingerprint density at radius 3 is 2.50 bits per heavy atom. The molecule has 6 heteroatoms. The molecule has 1 amide bonds. The molecule has 24 heavy (non-hydrogen) atoms. The van der Waals surface area contributed by atoms with Crippen LogP contribution in [0.15, 0.2) is 12.1 Å². The van der Waals surface area contributed by atoms with Crippen LogP contribution in [0.1, 0.15) is 43.0 Å². The number of hydrogen-bond donors (Lipinski definition) is 3. The number of rotatable bonds is 4. The first-order valence-corrected chi connectivity index (χ1v) is 8.79. The summed E-state index contributed by atoms with van der Waals surface area (Å²) in [6, 6.07) is 3.77. The zero-order valence-electron chi connectivity index (χ0n) is 14.4. The molecule has 0 aromatic heterocycles. The van der Waals surface area contributed by atoms with Gasteiger partial charge < -0.3 is 21.3 Å². The third-order valence-electron chi connectivity index (χ3n) is 5.21. The first kappa shape index (κ1) is 16.9. The van der Waals surface area contributed by atoms with E-state index >= 15 is 0 Å². The lowest BCUT2D eigenvalue weighted by molar-refractivity contribution is 0.0923. The van der Waals surface area contributed by atoms with Gasteiger partial charge in [0.25, 0.3) is 5.91 Å². The monoisotopic (exact) mass is 334 g/mol. The van der Waals surface area contributed by atoms with Gasteiger partial charge in [0.2, 0.25) is 0 Å². The van der Waals surface area contributed by atoms with Crippen LogP contribution < -0.4 is 21.3 Å². The van der Waals surface area contributed by atoms with Crippen molar-refractivity contribution >= 4 is 23.0 Å². The molecule has 0 spiro atoms. The fraction of sp³-hybridized carbons (Fsp3) is 0.611. The summed E-state index contributed by atoms with van der Waals surface area (Å²) in [6.07, 6.45) is 3.50. The number of nitrogens with one attached hydrogen (secondary N) is 2. The SMILES string of the molecule is CNc1cc(N2CC(F)C2)c(C(=O)N[C@H]2CC[C@H](C)CC2)cc1N. The molecule has 0 radical (unpaired) electrons. The van der Waals surface area contributed by atoms with Crippen molar-refractivity contribution in [2.24, 2.45) is 5.92 Å². The molecule has 1 saturated heterocycles. The van der Waals surface area contributed by atoms with Gasteiger partial charge >= 0.3 is 0 Å². The Balaban J connectivity index is 1.80. The van der Waals surface area contributed by atoms with Gasteiger partial charge in [0.05, 0.1) is 35.7 Å². The summed E-state index contributed by atoms with van der Waals surface area (Å²) in [7, 11) is 1.78. The van der Waals surface area contributed by atoms with Crippen molar-refractivity contribution in [3.63, 3.8) is 0 Å². The zero-order chi connectivity index (χ0) is 17.3. The molecule has 0 unspecified atom stereocenters. The lowest BCUT2D eigenvalue weighted by Crippen LogP contribution is -2.49. The van der Waals surface area contributed by atoms with E-state index in [1.54, 1.807) is 13.1 Å². The largest absolute Gasteiger partial charge is 0.397 e. The highest BCUT2D eigenvalue weighted by Gasteiger charge is 2.31. The number of anilines is 3. The summed E-state index contributed by atoms with van der Waals surface area (Å²) in [4.78, 5) is 14.7. The van der Waals surface area contributed by atoms with Gasteiger partial charge in [-0.3, -0.25) is 4.79 Å². The van der Waals surface area contributed by atoms with Gasteiger partial charge in [-0.05, 0) is 43.7 Å². The van der Waals surface area contributed by atoms with Gasteiger partial charge in [-0.1, -0.05) is 6.92 Å². The summed E-state index contributed by atoms with van der Waals surface area (Å²) < 4.78 is 13.3. The number of halogens is 1. The molecular weight excluding hydrogens is 307 g/mol. The Kier molecular flexibility index (Phi) is 4.83. The predicted molar refractivity (Wildman–Crippen MR) is 96.4 cm³/mol. The molecule has 5 nitrogen and oxygen atoms in total. The lowest BCUT2D eigenvalue weighted by Gasteiger charge is -2.38. The van der Waals surface area contributed by atoms with E-state index in [4.69, 9.17) is 5.73 Å². The number of benzene rings is 1. The summed E-state index contributed by atoms with van der Waals surface area (Å²) in [6.45, 7) is 2.91. The van der Waals surface area contributed by atoms with Gasteiger partial charge in [-0.15, -0.1) is 0 Å². The molecule has 3 rings (SSSR count). The maximum atomic E-state index is 13.3. The predicted octanol–water partition coefficient (Wildman–Crippen LogP) is 2.78. The standard InChI is InChI=1S/C18H27FN4O/c1-11-3-5-13(6-4-11)22-18(24)14-7-15(20)16(21-2)8-17(14)23-9-12(19)10-23/h7-8,11-13,21H,3-6,9-10,20H2,1-2H3,(H,22,24)/t11-,13-. The first-order valence-electron chi connectivity index (χ1n) is 8.79. The van der Waals surface area contributed by atoms with E-state index < -0.39 is 6.17 Å². The van der Waals surface area contributed by atoms with Crippen molar-refractivity contribution in [3.05, 3.63) is 17.7 Å². The number of nitrogens with two attached hydrogens (primary N) is 1. The van der Waals surface area contributed by atoms with E-state index in [-0.39, 0.29) is 11.9 Å². The molecular formula is C18H27FN4O. The molecule has 4 N–H and O–H groups in total. The normalized spacial score (nSPS) is 24.4. The summed E-state index contributed by atoms with van der Waals surface area (Å²) >= 11 is 0. The van der Waals surface area contributed by atoms with Crippen molar-refractivity contribution in [2.75, 3.05) is 36.1 Å². The molecule has 2 fully saturated rings. The van der Waals surface area contributed by atoms with Crippen LogP contribution in [0, 0.1) is 5.92 Å². The average molecular weight is 334 g/mol. The first-order chi connectivity index (χ1) is 11.5. The molecule has 1 saturated carbocycles. The number of hydrogen-bond acceptors (Lipinski definition) is 4. The number of carbonyl (C=O) groups excluding carboxylic acids is 1. The van der Waals surface area contributed by atoms with E-state index in [0.717, 1.165) is 43.0 Å². The molecule has 2 aliphatic rings. The fourth-order valence-electron chi connectivity index (χ4n) is 3.55. The summed E-state index contributed by atoms with van der Waals surface area (Å²) in [5.74, 6) is 0.628. The Morgan fingerprint density at radius 2 is 1.92 bits per heavy atom. The van der Waals surface area contributed by atoms with Crippen LogP contribution in [0.5, 0.6) is 0 Å². The molecule has 1 aliphatic heterocycles. The van der Waals surface area contributed by atoms with Gasteiger partial charge in [-0.2, -0.15) is 0 Å². The fourth-order valence-corrected chi connectivity index (χ4v) is 3.55. The molecule has 132 valence electrons. The van der Waals surface area contributed by atoms with Crippen molar-refractivity contribution in [1.29, 1.82) is 0 Å². The van der Waals surface area contributed by atoms with Crippen LogP contribution >= 0.6 is 0 Å². The number of alkyl halides is 1. The Hall–Kier alpha value is -1.98. The molecule has 1 aliphatic carbocycles. The quantitative estimate of drug-likeness (QED) is 0.741. The van der Waals surface area contributed by atoms with Crippen LogP contribution in [-0.4, -0.2) is 38.3 Å². The topological polar surface area (TPSA) is 70.4 Å². The third kappa shape index (κ3) is 3.42. The Bertz CT molecular complexity index is 607. The second-order valence-corrected chi connectivity index (χ2v) is 7.14. The summed E-state index contributed by atoms with van der Waals surface area (Å²) in [5.41, 5.74) is 8.62. The maximum Gasteiger partial charge on any atom is 0.253 e. The van der Waals surface area contributed by atoms with Crippen LogP contribution in [0.2, 0.25) is 0 Å². The van der Waals surface area contributed by atoms with E-state index in [0.29, 0.717) is 24.3 Å². The van der Waals surface area contributed by atoms with E-state index in [9.17, 15) is 9.18 Å². The van der Waals surface area contributed by atoms with Gasteiger partial charge in [-0.25, -0.2) is 4.39 Å². The zero-order valence-corrected chi connectivity index (χ0v) is 14.4. The average Bonchev–Trinajstić information content (AvgIpc) is 2.54. The molecule has 0 atom stereocenters. The van der Waals surface area contributed by atoms with Crippen molar-refractivity contribution in [1.82, 2.24) is 5.32 Å². The van der Waals surface area contributed by atoms with Crippen LogP contribution in [0.3, 0.4) is 0 Å².